The molecule has 0 amide bonds. The van der Waals surface area contributed by atoms with Crippen molar-refractivity contribution in [3.63, 3.8) is 0 Å². The van der Waals surface area contributed by atoms with Crippen molar-refractivity contribution in [2.24, 2.45) is 0 Å². The average molecular weight is 164 g/mol. The predicted octanol–water partition coefficient (Wildman–Crippen LogP) is 1.23. The van der Waals surface area contributed by atoms with Crippen LogP contribution in [0.15, 0.2) is 12.2 Å². The van der Waals surface area contributed by atoms with Crippen molar-refractivity contribution in [2.75, 3.05) is 5.75 Å². The number of rotatable bonds is 4. The van der Waals surface area contributed by atoms with Gasteiger partial charge in [-0.1, -0.05) is 12.2 Å². The largest absolute Gasteiger partial charge is 0.286 e. The molecule has 0 aromatic rings. The first-order chi connectivity index (χ1) is 4.56. The number of allylic oxidation sites excluding steroid dienone is 2. The van der Waals surface area contributed by atoms with Crippen molar-refractivity contribution in [3.05, 3.63) is 12.2 Å². The Morgan fingerprint density at radius 1 is 1.50 bits per heavy atom. The second kappa shape index (κ2) is 4.46. The molecule has 0 bridgehead atoms. The molecule has 0 aliphatic rings. The lowest BCUT2D eigenvalue weighted by molar-refractivity contribution is 0.481. The summed E-state index contributed by atoms with van der Waals surface area (Å²) < 4.78 is 28.5. The Morgan fingerprint density at radius 2 is 2.10 bits per heavy atom. The van der Waals surface area contributed by atoms with Gasteiger partial charge in [0, 0.05) is 0 Å². The van der Waals surface area contributed by atoms with Crippen LogP contribution in [0, 0.1) is 0 Å². The maximum absolute atomic E-state index is 10.1. The first-order valence-electron chi connectivity index (χ1n) is 3.12. The van der Waals surface area contributed by atoms with Crippen LogP contribution in [-0.2, 0) is 10.1 Å². The van der Waals surface area contributed by atoms with E-state index in [0.717, 1.165) is 0 Å². The molecule has 4 heteroatoms. The van der Waals surface area contributed by atoms with Crippen LogP contribution in [0.5, 0.6) is 0 Å². The van der Waals surface area contributed by atoms with Crippen LogP contribution in [-0.4, -0.2) is 18.7 Å². The molecule has 0 saturated heterocycles. The van der Waals surface area contributed by atoms with Crippen LogP contribution < -0.4 is 0 Å². The lowest BCUT2D eigenvalue weighted by atomic mass is 10.3. The predicted molar refractivity (Wildman–Crippen MR) is 40.5 cm³/mol. The fraction of sp³-hybridized carbons (Fsp3) is 0.667. The minimum atomic E-state index is -3.74. The molecule has 0 unspecified atom stereocenters. The molecule has 0 aliphatic heterocycles. The maximum Gasteiger partial charge on any atom is 0.264 e. The first kappa shape index (κ1) is 9.65. The van der Waals surface area contributed by atoms with Crippen molar-refractivity contribution < 1.29 is 13.0 Å². The fourth-order valence-electron chi connectivity index (χ4n) is 0.550. The smallest absolute Gasteiger partial charge is 0.264 e. The Bertz CT molecular complexity index is 191. The van der Waals surface area contributed by atoms with Crippen LogP contribution in [0.2, 0.25) is 0 Å². The second-order valence-corrected chi connectivity index (χ2v) is 3.57. The van der Waals surface area contributed by atoms with Crippen molar-refractivity contribution in [1.82, 2.24) is 0 Å². The zero-order valence-corrected chi connectivity index (χ0v) is 6.76. The summed E-state index contributed by atoms with van der Waals surface area (Å²) in [7, 11) is -3.74. The highest BCUT2D eigenvalue weighted by atomic mass is 32.2. The van der Waals surface area contributed by atoms with Crippen LogP contribution in [0.1, 0.15) is 19.8 Å². The number of hydrogen-bond acceptors (Lipinski definition) is 2. The van der Waals surface area contributed by atoms with Gasteiger partial charge in [-0.2, -0.15) is 8.42 Å². The van der Waals surface area contributed by atoms with Crippen molar-refractivity contribution in [1.29, 1.82) is 0 Å². The van der Waals surface area contributed by atoms with Gasteiger partial charge in [0.1, 0.15) is 0 Å². The van der Waals surface area contributed by atoms with Crippen LogP contribution in [0.4, 0.5) is 0 Å². The summed E-state index contributed by atoms with van der Waals surface area (Å²) in [6.45, 7) is 1.87. The highest BCUT2D eigenvalue weighted by Gasteiger charge is 2.00. The van der Waals surface area contributed by atoms with E-state index in [4.69, 9.17) is 4.55 Å². The molecule has 0 radical (unpaired) electrons. The van der Waals surface area contributed by atoms with Gasteiger partial charge in [-0.3, -0.25) is 4.55 Å². The van der Waals surface area contributed by atoms with Crippen LogP contribution >= 0.6 is 0 Å². The molecule has 0 rings (SSSR count). The van der Waals surface area contributed by atoms with E-state index in [2.05, 4.69) is 0 Å². The van der Waals surface area contributed by atoms with Crippen molar-refractivity contribution in [3.8, 4) is 0 Å². The highest BCUT2D eigenvalue weighted by Crippen LogP contribution is 1.94. The van der Waals surface area contributed by atoms with Gasteiger partial charge in [-0.05, 0) is 19.8 Å². The molecule has 1 N–H and O–H groups in total. The minimum Gasteiger partial charge on any atom is -0.286 e. The van der Waals surface area contributed by atoms with Gasteiger partial charge in [0.25, 0.3) is 10.1 Å². The summed E-state index contributed by atoms with van der Waals surface area (Å²) in [5.74, 6) is -0.142. The molecule has 3 nitrogen and oxygen atoms in total. The molecule has 0 saturated carbocycles. The summed E-state index contributed by atoms with van der Waals surface area (Å²) in [5, 5.41) is 0. The minimum absolute atomic E-state index is 0.142. The molecule has 0 spiro atoms. The zero-order valence-electron chi connectivity index (χ0n) is 5.95. The molecular weight excluding hydrogens is 152 g/mol. The fourth-order valence-corrected chi connectivity index (χ4v) is 1.08. The first-order valence-corrected chi connectivity index (χ1v) is 4.73. The molecule has 0 heterocycles. The van der Waals surface area contributed by atoms with Gasteiger partial charge in [0.05, 0.1) is 5.75 Å². The van der Waals surface area contributed by atoms with Crippen molar-refractivity contribution in [2.45, 2.75) is 19.8 Å². The molecule has 0 atom stereocenters. The SMILES string of the molecule is CC=CCCCS(=O)(=O)O. The van der Waals surface area contributed by atoms with E-state index in [-0.39, 0.29) is 5.75 Å². The van der Waals surface area contributed by atoms with E-state index >= 15 is 0 Å². The Hall–Kier alpha value is -0.350. The highest BCUT2D eigenvalue weighted by molar-refractivity contribution is 7.85. The summed E-state index contributed by atoms with van der Waals surface area (Å²) in [4.78, 5) is 0. The Kier molecular flexibility index (Phi) is 4.31. The molecule has 10 heavy (non-hydrogen) atoms. The summed E-state index contributed by atoms with van der Waals surface area (Å²) in [6.07, 6.45) is 4.91. The molecule has 0 aromatic carbocycles. The van der Waals surface area contributed by atoms with E-state index in [0.29, 0.717) is 12.8 Å². The standard InChI is InChI=1S/C6H12O3S/c1-2-3-4-5-6-10(7,8)9/h2-3H,4-6H2,1H3,(H,7,8,9). The Labute approximate surface area is 61.5 Å². The molecule has 0 aromatic heterocycles. The van der Waals surface area contributed by atoms with E-state index in [1.54, 1.807) is 0 Å². The molecule has 60 valence electrons. The monoisotopic (exact) mass is 164 g/mol. The lowest BCUT2D eigenvalue weighted by Crippen LogP contribution is -2.02. The normalized spacial score (nSPS) is 12.6. The molecule has 0 aliphatic carbocycles. The third kappa shape index (κ3) is 7.65. The van der Waals surface area contributed by atoms with Gasteiger partial charge >= 0.3 is 0 Å². The van der Waals surface area contributed by atoms with Gasteiger partial charge in [0.2, 0.25) is 0 Å². The number of hydrogen-bond donors (Lipinski definition) is 1. The third-order valence-corrected chi connectivity index (χ3v) is 1.81. The Morgan fingerprint density at radius 3 is 2.50 bits per heavy atom. The number of unbranched alkanes of at least 4 members (excludes halogenated alkanes) is 1. The lowest BCUT2D eigenvalue weighted by Gasteiger charge is -1.91. The maximum atomic E-state index is 10.1. The molecule has 0 fully saturated rings. The third-order valence-electron chi connectivity index (χ3n) is 1.01. The van der Waals surface area contributed by atoms with Gasteiger partial charge in [0.15, 0.2) is 0 Å². The van der Waals surface area contributed by atoms with Gasteiger partial charge in [-0.15, -0.1) is 0 Å². The quantitative estimate of drug-likeness (QED) is 0.386. The van der Waals surface area contributed by atoms with Crippen LogP contribution in [0.3, 0.4) is 0 Å². The summed E-state index contributed by atoms with van der Waals surface area (Å²) in [6, 6.07) is 0. The Balaban J connectivity index is 3.39. The molecular formula is C6H12O3S. The summed E-state index contributed by atoms with van der Waals surface area (Å²) >= 11 is 0. The van der Waals surface area contributed by atoms with E-state index in [9.17, 15) is 8.42 Å². The van der Waals surface area contributed by atoms with Gasteiger partial charge < -0.3 is 0 Å². The second-order valence-electron chi connectivity index (χ2n) is 2.00. The van der Waals surface area contributed by atoms with E-state index in [1.165, 1.54) is 0 Å². The topological polar surface area (TPSA) is 54.4 Å². The van der Waals surface area contributed by atoms with Crippen molar-refractivity contribution >= 4 is 10.1 Å². The zero-order chi connectivity index (χ0) is 8.04. The van der Waals surface area contributed by atoms with E-state index < -0.39 is 10.1 Å². The summed E-state index contributed by atoms with van der Waals surface area (Å²) in [5.41, 5.74) is 0. The average Bonchev–Trinajstić information content (AvgIpc) is 1.78. The van der Waals surface area contributed by atoms with Gasteiger partial charge in [-0.25, -0.2) is 0 Å². The van der Waals surface area contributed by atoms with Crippen LogP contribution in [0.25, 0.3) is 0 Å². The van der Waals surface area contributed by atoms with E-state index in [1.807, 2.05) is 19.1 Å².